The number of halogens is 1. The molecule has 0 fully saturated rings. The Labute approximate surface area is 110 Å². The molecule has 94 valence electrons. The van der Waals surface area contributed by atoms with Crippen LogP contribution >= 0.6 is 23.4 Å². The van der Waals surface area contributed by atoms with Gasteiger partial charge in [-0.25, -0.2) is 0 Å². The number of ketones is 1. The molecular formula is C12H15ClO3S. The van der Waals surface area contributed by atoms with Gasteiger partial charge in [0.1, 0.15) is 5.75 Å². The van der Waals surface area contributed by atoms with Gasteiger partial charge in [0.15, 0.2) is 5.78 Å². The maximum Gasteiger partial charge on any atom is 0.172 e. The minimum absolute atomic E-state index is 0.0393. The normalized spacial score (nSPS) is 10.3. The quantitative estimate of drug-likeness (QED) is 0.613. The monoisotopic (exact) mass is 274 g/mol. The lowest BCUT2D eigenvalue weighted by Gasteiger charge is -2.05. The highest BCUT2D eigenvalue weighted by molar-refractivity contribution is 7.99. The van der Waals surface area contributed by atoms with Gasteiger partial charge in [0.25, 0.3) is 0 Å². The molecule has 0 bridgehead atoms. The molecule has 17 heavy (non-hydrogen) atoms. The van der Waals surface area contributed by atoms with Crippen LogP contribution in [0.5, 0.6) is 5.75 Å². The fraction of sp³-hybridized carbons (Fsp3) is 0.417. The van der Waals surface area contributed by atoms with Crippen molar-refractivity contribution in [3.8, 4) is 5.75 Å². The molecule has 0 radical (unpaired) electrons. The highest BCUT2D eigenvalue weighted by Gasteiger charge is 2.09. The topological polar surface area (TPSA) is 46.5 Å². The molecule has 1 aromatic rings. The predicted molar refractivity (Wildman–Crippen MR) is 71.4 cm³/mol. The van der Waals surface area contributed by atoms with Crippen molar-refractivity contribution in [2.75, 3.05) is 25.2 Å². The second-order valence-electron chi connectivity index (χ2n) is 3.40. The van der Waals surface area contributed by atoms with E-state index in [0.717, 1.165) is 5.75 Å². The van der Waals surface area contributed by atoms with E-state index >= 15 is 0 Å². The number of rotatable bonds is 7. The number of benzene rings is 1. The fourth-order valence-corrected chi connectivity index (χ4v) is 2.34. The van der Waals surface area contributed by atoms with Gasteiger partial charge < -0.3 is 9.84 Å². The molecule has 3 nitrogen and oxygen atoms in total. The first-order valence-corrected chi connectivity index (χ1v) is 6.77. The Morgan fingerprint density at radius 3 is 2.88 bits per heavy atom. The average molecular weight is 275 g/mol. The first kappa shape index (κ1) is 14.4. The van der Waals surface area contributed by atoms with Crippen molar-refractivity contribution < 1.29 is 14.6 Å². The second-order valence-corrected chi connectivity index (χ2v) is 4.91. The number of carbonyl (C=O) groups excluding carboxylic acids is 1. The average Bonchev–Trinajstić information content (AvgIpc) is 2.34. The maximum absolute atomic E-state index is 11.8. The third-order valence-electron chi connectivity index (χ3n) is 2.15. The largest absolute Gasteiger partial charge is 0.495 e. The zero-order chi connectivity index (χ0) is 12.7. The zero-order valence-corrected chi connectivity index (χ0v) is 11.2. The van der Waals surface area contributed by atoms with Gasteiger partial charge in [-0.1, -0.05) is 11.6 Å². The van der Waals surface area contributed by atoms with E-state index < -0.39 is 0 Å². The number of aliphatic hydroxyl groups is 1. The lowest BCUT2D eigenvalue weighted by molar-refractivity contribution is 0.102. The summed E-state index contributed by atoms with van der Waals surface area (Å²) in [5.41, 5.74) is 0.590. The first-order chi connectivity index (χ1) is 8.19. The molecule has 0 aliphatic carbocycles. The summed E-state index contributed by atoms with van der Waals surface area (Å²) in [7, 11) is 1.54. The van der Waals surface area contributed by atoms with Crippen LogP contribution in [0.1, 0.15) is 16.8 Å². The van der Waals surface area contributed by atoms with Gasteiger partial charge >= 0.3 is 0 Å². The molecule has 0 aliphatic heterocycles. The Morgan fingerprint density at radius 1 is 1.53 bits per heavy atom. The highest BCUT2D eigenvalue weighted by atomic mass is 35.5. The summed E-state index contributed by atoms with van der Waals surface area (Å²) in [5, 5.41) is 9.06. The number of hydrogen-bond acceptors (Lipinski definition) is 4. The third kappa shape index (κ3) is 4.58. The first-order valence-electron chi connectivity index (χ1n) is 5.24. The maximum atomic E-state index is 11.8. The summed E-state index contributed by atoms with van der Waals surface area (Å²) >= 11 is 7.45. The number of methoxy groups -OCH3 is 1. The number of carbonyl (C=O) groups is 1. The molecule has 0 unspecified atom stereocenters. The van der Waals surface area contributed by atoms with Crippen LogP contribution in [0.2, 0.25) is 5.02 Å². The zero-order valence-electron chi connectivity index (χ0n) is 9.61. The molecule has 0 atom stereocenters. The van der Waals surface area contributed by atoms with Gasteiger partial charge in [0, 0.05) is 12.2 Å². The Hall–Kier alpha value is -0.710. The Balaban J connectivity index is 2.54. The van der Waals surface area contributed by atoms with Crippen molar-refractivity contribution in [2.24, 2.45) is 0 Å². The smallest absolute Gasteiger partial charge is 0.172 e. The van der Waals surface area contributed by atoms with Crippen molar-refractivity contribution in [3.63, 3.8) is 0 Å². The van der Waals surface area contributed by atoms with Gasteiger partial charge in [0.2, 0.25) is 0 Å². The van der Waals surface area contributed by atoms with E-state index in [1.807, 2.05) is 0 Å². The lowest BCUT2D eigenvalue weighted by Crippen LogP contribution is -2.03. The molecule has 0 saturated carbocycles. The van der Waals surface area contributed by atoms with Crippen LogP contribution in [-0.2, 0) is 0 Å². The third-order valence-corrected chi connectivity index (χ3v) is 3.49. The van der Waals surface area contributed by atoms with Crippen molar-refractivity contribution in [3.05, 3.63) is 28.8 Å². The number of ether oxygens (including phenoxy) is 1. The van der Waals surface area contributed by atoms with Gasteiger partial charge in [0.05, 0.1) is 17.9 Å². The van der Waals surface area contributed by atoms with Crippen LogP contribution in [-0.4, -0.2) is 36.1 Å². The van der Waals surface area contributed by atoms with Crippen LogP contribution in [0.15, 0.2) is 18.2 Å². The van der Waals surface area contributed by atoms with Crippen molar-refractivity contribution in [2.45, 2.75) is 6.42 Å². The van der Waals surface area contributed by atoms with Crippen LogP contribution in [0.25, 0.3) is 0 Å². The molecule has 0 heterocycles. The Bertz CT molecular complexity index is 382. The summed E-state index contributed by atoms with van der Waals surface area (Å²) in [4.78, 5) is 11.8. The molecule has 1 aromatic carbocycles. The van der Waals surface area contributed by atoms with E-state index in [1.165, 1.54) is 18.9 Å². The van der Waals surface area contributed by atoms with Gasteiger partial charge in [-0.05, 0) is 30.4 Å². The summed E-state index contributed by atoms with van der Waals surface area (Å²) < 4.78 is 5.02. The van der Waals surface area contributed by atoms with Crippen LogP contribution in [0, 0.1) is 0 Å². The number of thioether (sulfide) groups is 1. The Kier molecular flexibility index (Phi) is 6.40. The Morgan fingerprint density at radius 2 is 2.29 bits per heavy atom. The van der Waals surface area contributed by atoms with E-state index in [1.54, 1.807) is 18.2 Å². The summed E-state index contributed by atoms with van der Waals surface area (Å²) in [6, 6.07) is 5.02. The highest BCUT2D eigenvalue weighted by Crippen LogP contribution is 2.25. The van der Waals surface area contributed by atoms with Crippen molar-refractivity contribution in [1.29, 1.82) is 0 Å². The molecule has 5 heteroatoms. The van der Waals surface area contributed by atoms with Crippen LogP contribution in [0.4, 0.5) is 0 Å². The van der Waals surface area contributed by atoms with Crippen LogP contribution in [0.3, 0.4) is 0 Å². The summed E-state index contributed by atoms with van der Waals surface area (Å²) in [6.45, 7) is 0.162. The van der Waals surface area contributed by atoms with Crippen molar-refractivity contribution in [1.82, 2.24) is 0 Å². The van der Waals surface area contributed by atoms with Gasteiger partial charge in [-0.3, -0.25) is 4.79 Å². The van der Waals surface area contributed by atoms with E-state index in [-0.39, 0.29) is 12.4 Å². The van der Waals surface area contributed by atoms with E-state index in [0.29, 0.717) is 28.5 Å². The molecule has 1 rings (SSSR count). The molecule has 0 amide bonds. The minimum atomic E-state index is 0.0393. The molecule has 0 spiro atoms. The van der Waals surface area contributed by atoms with Crippen molar-refractivity contribution >= 4 is 29.1 Å². The fourth-order valence-electron chi connectivity index (χ4n) is 1.25. The predicted octanol–water partition coefficient (Wildman–Crippen LogP) is 2.65. The molecule has 0 aliphatic rings. The molecular weight excluding hydrogens is 260 g/mol. The van der Waals surface area contributed by atoms with Crippen LogP contribution < -0.4 is 4.74 Å². The molecule has 0 saturated heterocycles. The minimum Gasteiger partial charge on any atom is -0.495 e. The number of aliphatic hydroxyl groups excluding tert-OH is 1. The van der Waals surface area contributed by atoms with Gasteiger partial charge in [-0.2, -0.15) is 11.8 Å². The molecule has 1 N–H and O–H groups in total. The SMILES string of the molecule is COc1ccc(C(=O)CSCCCO)cc1Cl. The summed E-state index contributed by atoms with van der Waals surface area (Å²) in [6.07, 6.45) is 0.710. The van der Waals surface area contributed by atoms with Gasteiger partial charge in [-0.15, -0.1) is 0 Å². The van der Waals surface area contributed by atoms with E-state index in [4.69, 9.17) is 21.4 Å². The lowest BCUT2D eigenvalue weighted by atomic mass is 10.1. The standard InChI is InChI=1S/C12H15ClO3S/c1-16-12-4-3-9(7-10(12)13)11(15)8-17-6-2-5-14/h3-4,7,14H,2,5-6,8H2,1H3. The number of hydrogen-bond donors (Lipinski definition) is 1. The van der Waals surface area contributed by atoms with E-state index in [2.05, 4.69) is 0 Å². The number of Topliss-reactive ketones (excluding diaryl/α,β-unsaturated/α-hetero) is 1. The molecule has 0 aromatic heterocycles. The second kappa shape index (κ2) is 7.58. The van der Waals surface area contributed by atoms with E-state index in [9.17, 15) is 4.79 Å². The summed E-state index contributed by atoms with van der Waals surface area (Å²) in [5.74, 6) is 1.79.